The van der Waals surface area contributed by atoms with E-state index in [-0.39, 0.29) is 24.6 Å². The summed E-state index contributed by atoms with van der Waals surface area (Å²) in [6.07, 6.45) is 3.09. The quantitative estimate of drug-likeness (QED) is 0.744. The largest absolute Gasteiger partial charge is 0.394 e. The number of carbonyl (C=O) groups excluding carboxylic acids is 1. The zero-order chi connectivity index (χ0) is 12.8. The van der Waals surface area contributed by atoms with Gasteiger partial charge in [-0.05, 0) is 24.9 Å². The number of aliphatic hydroxyl groups is 1. The summed E-state index contributed by atoms with van der Waals surface area (Å²) in [5.41, 5.74) is 0.934. The molecule has 1 aliphatic heterocycles. The number of amides is 1. The summed E-state index contributed by atoms with van der Waals surface area (Å²) in [4.78, 5) is 12.1. The zero-order valence-corrected chi connectivity index (χ0v) is 10.4. The van der Waals surface area contributed by atoms with E-state index in [1.54, 1.807) is 0 Å². The predicted molar refractivity (Wildman–Crippen MR) is 70.1 cm³/mol. The van der Waals surface area contributed by atoms with Crippen molar-refractivity contribution in [3.8, 4) is 0 Å². The molecule has 1 aliphatic rings. The second-order valence-corrected chi connectivity index (χ2v) is 4.66. The molecule has 0 unspecified atom stereocenters. The molecule has 0 bridgehead atoms. The van der Waals surface area contributed by atoms with Crippen molar-refractivity contribution in [1.82, 2.24) is 10.6 Å². The molecule has 1 heterocycles. The first-order valence-electron chi connectivity index (χ1n) is 6.51. The molecule has 1 amide bonds. The van der Waals surface area contributed by atoms with Crippen LogP contribution >= 0.6 is 0 Å². The third kappa shape index (κ3) is 3.31. The molecule has 3 N–H and O–H groups in total. The van der Waals surface area contributed by atoms with E-state index in [2.05, 4.69) is 10.6 Å². The van der Waals surface area contributed by atoms with Crippen molar-refractivity contribution in [2.75, 3.05) is 13.2 Å². The van der Waals surface area contributed by atoms with E-state index in [1.807, 2.05) is 30.3 Å². The maximum absolute atomic E-state index is 12.1. The van der Waals surface area contributed by atoms with Crippen LogP contribution in [0.4, 0.5) is 0 Å². The molecular formula is C14H20N2O2. The lowest BCUT2D eigenvalue weighted by Crippen LogP contribution is -2.48. The number of rotatable bonds is 4. The Hall–Kier alpha value is -1.39. The number of carbonyl (C=O) groups is 1. The number of hydrogen-bond donors (Lipinski definition) is 3. The summed E-state index contributed by atoms with van der Waals surface area (Å²) in [5.74, 6) is -0.0161. The molecule has 0 saturated carbocycles. The molecule has 4 nitrogen and oxygen atoms in total. The van der Waals surface area contributed by atoms with E-state index in [0.717, 1.165) is 31.4 Å². The summed E-state index contributed by atoms with van der Waals surface area (Å²) >= 11 is 0. The van der Waals surface area contributed by atoms with Gasteiger partial charge in [0.25, 0.3) is 0 Å². The highest BCUT2D eigenvalue weighted by molar-refractivity contribution is 5.82. The van der Waals surface area contributed by atoms with E-state index >= 15 is 0 Å². The third-order valence-corrected chi connectivity index (χ3v) is 3.33. The van der Waals surface area contributed by atoms with Gasteiger partial charge in [0.2, 0.25) is 5.91 Å². The Morgan fingerprint density at radius 2 is 2.17 bits per heavy atom. The Kier molecular flexibility index (Phi) is 4.73. The lowest BCUT2D eigenvalue weighted by atomic mass is 10.0. The minimum absolute atomic E-state index is 0.0161. The van der Waals surface area contributed by atoms with Crippen LogP contribution in [-0.4, -0.2) is 30.2 Å². The number of aliphatic hydroxyl groups excluding tert-OH is 1. The lowest BCUT2D eigenvalue weighted by Gasteiger charge is -2.25. The van der Waals surface area contributed by atoms with Crippen molar-refractivity contribution in [1.29, 1.82) is 0 Å². The van der Waals surface area contributed by atoms with Gasteiger partial charge < -0.3 is 15.7 Å². The first-order chi connectivity index (χ1) is 8.81. The fourth-order valence-corrected chi connectivity index (χ4v) is 2.27. The maximum atomic E-state index is 12.1. The van der Waals surface area contributed by atoms with E-state index < -0.39 is 0 Å². The fourth-order valence-electron chi connectivity index (χ4n) is 2.27. The summed E-state index contributed by atoms with van der Waals surface area (Å²) < 4.78 is 0. The van der Waals surface area contributed by atoms with Crippen molar-refractivity contribution < 1.29 is 9.90 Å². The van der Waals surface area contributed by atoms with Crippen molar-refractivity contribution in [2.24, 2.45) is 0 Å². The van der Waals surface area contributed by atoms with Gasteiger partial charge in [0, 0.05) is 0 Å². The van der Waals surface area contributed by atoms with Crippen molar-refractivity contribution >= 4 is 5.91 Å². The lowest BCUT2D eigenvalue weighted by molar-refractivity contribution is -0.124. The predicted octanol–water partition coefficient (Wildman–Crippen LogP) is 0.978. The van der Waals surface area contributed by atoms with E-state index in [9.17, 15) is 9.90 Å². The van der Waals surface area contributed by atoms with Crippen LogP contribution in [0.15, 0.2) is 30.3 Å². The maximum Gasteiger partial charge on any atom is 0.237 e. The van der Waals surface area contributed by atoms with Gasteiger partial charge in [0.1, 0.15) is 0 Å². The van der Waals surface area contributed by atoms with Crippen LogP contribution in [0.5, 0.6) is 0 Å². The van der Waals surface area contributed by atoms with Gasteiger partial charge in [-0.25, -0.2) is 0 Å². The highest BCUT2D eigenvalue weighted by Crippen LogP contribution is 2.13. The topological polar surface area (TPSA) is 61.4 Å². The van der Waals surface area contributed by atoms with E-state index in [4.69, 9.17) is 0 Å². The molecular weight excluding hydrogens is 228 g/mol. The number of benzene rings is 1. The van der Waals surface area contributed by atoms with Crippen LogP contribution in [0.3, 0.4) is 0 Å². The summed E-state index contributed by atoms with van der Waals surface area (Å²) in [6.45, 7) is 0.815. The van der Waals surface area contributed by atoms with Gasteiger partial charge in [0.15, 0.2) is 0 Å². The van der Waals surface area contributed by atoms with Gasteiger partial charge in [-0.15, -0.1) is 0 Å². The van der Waals surface area contributed by atoms with Crippen molar-refractivity contribution in [2.45, 2.75) is 31.3 Å². The monoisotopic (exact) mass is 248 g/mol. The summed E-state index contributed by atoms with van der Waals surface area (Å²) in [7, 11) is 0. The molecule has 1 aromatic carbocycles. The Morgan fingerprint density at radius 3 is 2.78 bits per heavy atom. The molecule has 1 aromatic rings. The van der Waals surface area contributed by atoms with Crippen LogP contribution in [-0.2, 0) is 4.79 Å². The SMILES string of the molecule is O=C(N[C@@H](CO)c1ccccc1)[C@@H]1CCCCN1. The molecule has 0 aromatic heterocycles. The molecule has 98 valence electrons. The van der Waals surface area contributed by atoms with Crippen LogP contribution in [0.2, 0.25) is 0 Å². The first kappa shape index (κ1) is 13.1. The van der Waals surface area contributed by atoms with Crippen LogP contribution in [0.1, 0.15) is 30.9 Å². The second-order valence-electron chi connectivity index (χ2n) is 4.66. The fraction of sp³-hybridized carbons (Fsp3) is 0.500. The molecule has 1 saturated heterocycles. The van der Waals surface area contributed by atoms with Crippen LogP contribution < -0.4 is 10.6 Å². The minimum atomic E-state index is -0.317. The van der Waals surface area contributed by atoms with Gasteiger partial charge in [-0.3, -0.25) is 4.79 Å². The highest BCUT2D eigenvalue weighted by Gasteiger charge is 2.23. The Bertz CT molecular complexity index is 375. The Morgan fingerprint density at radius 1 is 1.39 bits per heavy atom. The Labute approximate surface area is 107 Å². The standard InChI is InChI=1S/C14H20N2O2/c17-10-13(11-6-2-1-3-7-11)16-14(18)12-8-4-5-9-15-12/h1-3,6-7,12-13,15,17H,4-5,8-10H2,(H,16,18)/t12-,13-/m0/s1. The average Bonchev–Trinajstić information content (AvgIpc) is 2.46. The highest BCUT2D eigenvalue weighted by atomic mass is 16.3. The minimum Gasteiger partial charge on any atom is -0.394 e. The van der Waals surface area contributed by atoms with Gasteiger partial charge >= 0.3 is 0 Å². The molecule has 2 atom stereocenters. The number of nitrogens with one attached hydrogen (secondary N) is 2. The second kappa shape index (κ2) is 6.52. The van der Waals surface area contributed by atoms with E-state index in [1.165, 1.54) is 0 Å². The summed E-state index contributed by atoms with van der Waals surface area (Å²) in [5, 5.41) is 15.5. The van der Waals surface area contributed by atoms with Crippen LogP contribution in [0, 0.1) is 0 Å². The van der Waals surface area contributed by atoms with Crippen LogP contribution in [0.25, 0.3) is 0 Å². The molecule has 18 heavy (non-hydrogen) atoms. The smallest absolute Gasteiger partial charge is 0.237 e. The third-order valence-electron chi connectivity index (χ3n) is 3.33. The van der Waals surface area contributed by atoms with Crippen molar-refractivity contribution in [3.63, 3.8) is 0 Å². The molecule has 0 radical (unpaired) electrons. The molecule has 0 aliphatic carbocycles. The van der Waals surface area contributed by atoms with E-state index in [0.29, 0.717) is 0 Å². The van der Waals surface area contributed by atoms with Gasteiger partial charge in [-0.1, -0.05) is 36.8 Å². The van der Waals surface area contributed by atoms with Crippen molar-refractivity contribution in [3.05, 3.63) is 35.9 Å². The molecule has 1 fully saturated rings. The molecule has 2 rings (SSSR count). The number of hydrogen-bond acceptors (Lipinski definition) is 3. The van der Waals surface area contributed by atoms with Gasteiger partial charge in [0.05, 0.1) is 18.7 Å². The molecule has 0 spiro atoms. The zero-order valence-electron chi connectivity index (χ0n) is 10.4. The van der Waals surface area contributed by atoms with Gasteiger partial charge in [-0.2, -0.15) is 0 Å². The Balaban J connectivity index is 1.95. The average molecular weight is 248 g/mol. The summed E-state index contributed by atoms with van der Waals surface area (Å²) in [6, 6.07) is 9.12. The normalized spacial score (nSPS) is 21.3. The molecule has 4 heteroatoms. The first-order valence-corrected chi connectivity index (χ1v) is 6.51. The number of piperidine rings is 1.